The van der Waals surface area contributed by atoms with Crippen LogP contribution < -0.4 is 20.3 Å². The molecule has 4 heterocycles. The van der Waals surface area contributed by atoms with Gasteiger partial charge in [-0.2, -0.15) is 0 Å². The number of nitrogens with one attached hydrogen (secondary N) is 1. The maximum atomic E-state index is 13.3. The fraction of sp³-hybridized carbons (Fsp3) is 0.435. The zero-order chi connectivity index (χ0) is 22.8. The number of thioether (sulfide) groups is 1. The molecule has 1 aromatic carbocycles. The molecule has 1 amide bonds. The number of aromatic nitrogens is 2. The number of ether oxygens (including phenoxy) is 3. The van der Waals surface area contributed by atoms with Crippen molar-refractivity contribution in [3.8, 4) is 11.5 Å². The van der Waals surface area contributed by atoms with Crippen LogP contribution in [0.4, 0.5) is 0 Å². The van der Waals surface area contributed by atoms with E-state index in [0.29, 0.717) is 46.4 Å². The largest absolute Gasteiger partial charge is 0.454 e. The molecule has 1 saturated heterocycles. The Balaban J connectivity index is 1.41. The van der Waals surface area contributed by atoms with Gasteiger partial charge >= 0.3 is 0 Å². The summed E-state index contributed by atoms with van der Waals surface area (Å²) in [6, 6.07) is 7.49. The summed E-state index contributed by atoms with van der Waals surface area (Å²) in [6.45, 7) is 3.75. The van der Waals surface area contributed by atoms with Crippen LogP contribution in [0.3, 0.4) is 0 Å². The van der Waals surface area contributed by atoms with Crippen LogP contribution in [0, 0.1) is 0 Å². The molecular formula is C23H25N3O5S2. The van der Waals surface area contributed by atoms with Gasteiger partial charge in [0.2, 0.25) is 12.7 Å². The number of carbonyl (C=O) groups is 1. The summed E-state index contributed by atoms with van der Waals surface area (Å²) >= 11 is 2.71. The predicted molar refractivity (Wildman–Crippen MR) is 127 cm³/mol. The second-order valence-corrected chi connectivity index (χ2v) is 10.1. The van der Waals surface area contributed by atoms with Gasteiger partial charge in [-0.15, -0.1) is 11.3 Å². The summed E-state index contributed by atoms with van der Waals surface area (Å²) in [5, 5.41) is 5.04. The zero-order valence-electron chi connectivity index (χ0n) is 18.2. The van der Waals surface area contributed by atoms with Crippen LogP contribution in [0.25, 0.3) is 10.2 Å². The molecule has 2 aromatic heterocycles. The molecule has 174 valence electrons. The maximum absolute atomic E-state index is 13.3. The number of thiophene rings is 1. The molecule has 2 unspecified atom stereocenters. The smallest absolute Gasteiger partial charge is 0.272 e. The Labute approximate surface area is 199 Å². The van der Waals surface area contributed by atoms with Crippen molar-refractivity contribution in [2.45, 2.75) is 49.2 Å². The maximum Gasteiger partial charge on any atom is 0.272 e. The van der Waals surface area contributed by atoms with Gasteiger partial charge in [0.25, 0.3) is 5.56 Å². The van der Waals surface area contributed by atoms with Gasteiger partial charge in [-0.25, -0.2) is 4.98 Å². The van der Waals surface area contributed by atoms with Crippen molar-refractivity contribution in [2.75, 3.05) is 19.9 Å². The lowest BCUT2D eigenvalue weighted by molar-refractivity contribution is -0.121. The molecule has 0 radical (unpaired) electrons. The van der Waals surface area contributed by atoms with Gasteiger partial charge in [0, 0.05) is 13.2 Å². The normalized spacial score (nSPS) is 18.0. The minimum Gasteiger partial charge on any atom is -0.454 e. The van der Waals surface area contributed by atoms with E-state index in [1.165, 1.54) is 23.1 Å². The Kier molecular flexibility index (Phi) is 6.57. The van der Waals surface area contributed by atoms with Crippen molar-refractivity contribution in [2.24, 2.45) is 0 Å². The highest BCUT2D eigenvalue weighted by molar-refractivity contribution is 8.00. The molecule has 0 aliphatic carbocycles. The van der Waals surface area contributed by atoms with Gasteiger partial charge < -0.3 is 19.5 Å². The lowest BCUT2D eigenvalue weighted by atomic mass is 10.2. The third-order valence-electron chi connectivity index (χ3n) is 5.75. The summed E-state index contributed by atoms with van der Waals surface area (Å²) < 4.78 is 18.7. The van der Waals surface area contributed by atoms with Crippen LogP contribution in [0.15, 0.2) is 39.6 Å². The van der Waals surface area contributed by atoms with E-state index in [4.69, 9.17) is 19.2 Å². The van der Waals surface area contributed by atoms with E-state index in [9.17, 15) is 9.59 Å². The first-order valence-electron chi connectivity index (χ1n) is 11.0. The van der Waals surface area contributed by atoms with Gasteiger partial charge in [-0.1, -0.05) is 24.8 Å². The second kappa shape index (κ2) is 9.74. The average molecular weight is 488 g/mol. The Morgan fingerprint density at radius 3 is 3.03 bits per heavy atom. The molecule has 33 heavy (non-hydrogen) atoms. The van der Waals surface area contributed by atoms with Gasteiger partial charge in [-0.05, 0) is 48.4 Å². The number of hydrogen-bond acceptors (Lipinski definition) is 8. The molecular weight excluding hydrogens is 462 g/mol. The third-order valence-corrected chi connectivity index (χ3v) is 7.99. The van der Waals surface area contributed by atoms with Crippen molar-refractivity contribution in [1.82, 2.24) is 14.9 Å². The lowest BCUT2D eigenvalue weighted by Gasteiger charge is -2.18. The molecule has 2 atom stereocenters. The van der Waals surface area contributed by atoms with Crippen LogP contribution >= 0.6 is 23.1 Å². The van der Waals surface area contributed by atoms with Gasteiger partial charge in [-0.3, -0.25) is 14.2 Å². The minimum atomic E-state index is -0.364. The molecule has 5 rings (SSSR count). The topological polar surface area (TPSA) is 91.7 Å². The molecule has 0 spiro atoms. The SMILES string of the molecule is CCC(Sc1nc2ccsc2c(=O)n1Cc1ccc2c(c1)OCO2)C(=O)NCC1CCCO1. The number of rotatable bonds is 8. The van der Waals surface area contributed by atoms with Gasteiger partial charge in [0.05, 0.1) is 23.4 Å². The standard InChI is InChI=1S/C23H25N3O5S2/c1-2-19(21(27)24-11-15-4-3-8-29-15)33-23-25-16-7-9-32-20(16)22(28)26(23)12-14-5-6-17-18(10-14)31-13-30-17/h5-7,9-10,15,19H,2-4,8,11-13H2,1H3,(H,24,27). The van der Waals surface area contributed by atoms with E-state index < -0.39 is 0 Å². The first kappa shape index (κ1) is 22.2. The number of amides is 1. The number of benzene rings is 1. The minimum absolute atomic E-state index is 0.0627. The fourth-order valence-electron chi connectivity index (χ4n) is 3.96. The van der Waals surface area contributed by atoms with Crippen molar-refractivity contribution < 1.29 is 19.0 Å². The molecule has 2 aliphatic heterocycles. The van der Waals surface area contributed by atoms with Crippen LogP contribution in [-0.4, -0.2) is 46.8 Å². The van der Waals surface area contributed by atoms with E-state index in [-0.39, 0.29) is 29.6 Å². The zero-order valence-corrected chi connectivity index (χ0v) is 19.9. The summed E-state index contributed by atoms with van der Waals surface area (Å²) in [6.07, 6.45) is 2.70. The molecule has 2 aliphatic rings. The number of fused-ring (bicyclic) bond motifs is 2. The van der Waals surface area contributed by atoms with E-state index in [1.807, 2.05) is 36.6 Å². The molecule has 10 heteroatoms. The van der Waals surface area contributed by atoms with E-state index in [1.54, 1.807) is 4.57 Å². The molecule has 0 bridgehead atoms. The highest BCUT2D eigenvalue weighted by Gasteiger charge is 2.24. The molecule has 1 N–H and O–H groups in total. The number of carbonyl (C=O) groups excluding carboxylic acids is 1. The average Bonchev–Trinajstić information content (AvgIpc) is 3.59. The van der Waals surface area contributed by atoms with Crippen LogP contribution in [0.5, 0.6) is 11.5 Å². The first-order valence-corrected chi connectivity index (χ1v) is 12.8. The predicted octanol–water partition coefficient (Wildman–Crippen LogP) is 3.40. The van der Waals surface area contributed by atoms with Crippen molar-refractivity contribution in [3.05, 3.63) is 45.6 Å². The summed E-state index contributed by atoms with van der Waals surface area (Å²) in [7, 11) is 0. The van der Waals surface area contributed by atoms with Crippen molar-refractivity contribution in [3.63, 3.8) is 0 Å². The van der Waals surface area contributed by atoms with E-state index >= 15 is 0 Å². The molecule has 0 saturated carbocycles. The highest BCUT2D eigenvalue weighted by Crippen LogP contribution is 2.33. The summed E-state index contributed by atoms with van der Waals surface area (Å²) in [4.78, 5) is 31.0. The van der Waals surface area contributed by atoms with Gasteiger partial charge in [0.1, 0.15) is 4.70 Å². The monoisotopic (exact) mass is 487 g/mol. The first-order chi connectivity index (χ1) is 16.1. The third kappa shape index (κ3) is 4.73. The van der Waals surface area contributed by atoms with Crippen molar-refractivity contribution in [1.29, 1.82) is 0 Å². The summed E-state index contributed by atoms with van der Waals surface area (Å²) in [5.41, 5.74) is 1.45. The van der Waals surface area contributed by atoms with Crippen LogP contribution in [0.2, 0.25) is 0 Å². The van der Waals surface area contributed by atoms with Crippen molar-refractivity contribution >= 4 is 39.2 Å². The Morgan fingerprint density at radius 2 is 2.21 bits per heavy atom. The summed E-state index contributed by atoms with van der Waals surface area (Å²) in [5.74, 6) is 1.30. The second-order valence-electron chi connectivity index (χ2n) is 8.00. The van der Waals surface area contributed by atoms with Crippen LogP contribution in [0.1, 0.15) is 31.7 Å². The van der Waals surface area contributed by atoms with E-state index in [2.05, 4.69) is 5.32 Å². The van der Waals surface area contributed by atoms with Gasteiger partial charge in [0.15, 0.2) is 16.7 Å². The Hall–Kier alpha value is -2.56. The molecule has 1 fully saturated rings. The number of hydrogen-bond donors (Lipinski definition) is 1. The molecule has 8 nitrogen and oxygen atoms in total. The Bertz CT molecular complexity index is 1220. The highest BCUT2D eigenvalue weighted by atomic mass is 32.2. The number of nitrogens with zero attached hydrogens (tertiary/aromatic N) is 2. The van der Waals surface area contributed by atoms with Crippen LogP contribution in [-0.2, 0) is 16.1 Å². The lowest BCUT2D eigenvalue weighted by Crippen LogP contribution is -2.37. The molecule has 3 aromatic rings. The van der Waals surface area contributed by atoms with E-state index in [0.717, 1.165) is 25.0 Å². The fourth-order valence-corrected chi connectivity index (χ4v) is 5.77. The Morgan fingerprint density at radius 1 is 1.33 bits per heavy atom. The quantitative estimate of drug-likeness (QED) is 0.385.